The van der Waals surface area contributed by atoms with Gasteiger partial charge in [0, 0.05) is 13.1 Å². The van der Waals surface area contributed by atoms with Crippen molar-refractivity contribution in [1.82, 2.24) is 4.98 Å². The Hall–Kier alpha value is -0.900. The summed E-state index contributed by atoms with van der Waals surface area (Å²) in [6.45, 7) is 6.32. The fourth-order valence-electron chi connectivity index (χ4n) is 1.23. The topological polar surface area (TPSA) is 33.2 Å². The molecule has 0 atom stereocenters. The lowest BCUT2D eigenvalue weighted by Crippen LogP contribution is -2.25. The molecule has 0 aliphatic heterocycles. The highest BCUT2D eigenvalue weighted by Gasteiger charge is 2.14. The van der Waals surface area contributed by atoms with Gasteiger partial charge in [0.05, 0.1) is 10.6 Å². The molecule has 0 aliphatic carbocycles. The highest BCUT2D eigenvalue weighted by atomic mass is 32.1. The van der Waals surface area contributed by atoms with Crippen molar-refractivity contribution in [3.63, 3.8) is 0 Å². The van der Waals surface area contributed by atoms with Crippen molar-refractivity contribution in [2.75, 3.05) is 11.9 Å². The van der Waals surface area contributed by atoms with Crippen molar-refractivity contribution in [2.24, 2.45) is 0 Å². The van der Waals surface area contributed by atoms with Crippen LogP contribution < -0.4 is 4.90 Å². The summed E-state index contributed by atoms with van der Waals surface area (Å²) >= 11 is 1.48. The molecule has 0 amide bonds. The number of hydrogen-bond acceptors (Lipinski definition) is 4. The van der Waals surface area contributed by atoms with E-state index in [9.17, 15) is 4.79 Å². The number of anilines is 1. The van der Waals surface area contributed by atoms with Gasteiger partial charge in [0.25, 0.3) is 0 Å². The zero-order chi connectivity index (χ0) is 11.4. The fourth-order valence-corrected chi connectivity index (χ4v) is 2.25. The Kier molecular flexibility index (Phi) is 4.27. The van der Waals surface area contributed by atoms with Crippen molar-refractivity contribution in [1.29, 1.82) is 0 Å². The summed E-state index contributed by atoms with van der Waals surface area (Å²) in [5.74, 6) is 0. The first kappa shape index (κ1) is 12.2. The minimum absolute atomic E-state index is 0.408. The van der Waals surface area contributed by atoms with Gasteiger partial charge in [0.1, 0.15) is 0 Å². The van der Waals surface area contributed by atoms with E-state index >= 15 is 0 Å². The van der Waals surface area contributed by atoms with Crippen LogP contribution in [0.15, 0.2) is 0 Å². The molecule has 1 aromatic rings. The molecule has 4 heteroatoms. The van der Waals surface area contributed by atoms with Gasteiger partial charge in [-0.25, -0.2) is 4.98 Å². The zero-order valence-corrected chi connectivity index (χ0v) is 10.6. The number of aromatic nitrogens is 1. The van der Waals surface area contributed by atoms with Gasteiger partial charge in [0.15, 0.2) is 11.4 Å². The molecule has 0 spiro atoms. The molecule has 0 radical (unpaired) electrons. The van der Waals surface area contributed by atoms with E-state index in [0.717, 1.165) is 34.8 Å². The Labute approximate surface area is 95.1 Å². The molecule has 1 heterocycles. The van der Waals surface area contributed by atoms with E-state index in [2.05, 4.69) is 30.7 Å². The standard InChI is InChI=1S/C11H18N2OS/c1-5-6-9-10(7-14)15-11(12-9)13(4)8(2)3/h7-8H,5-6H2,1-4H3. The van der Waals surface area contributed by atoms with E-state index in [-0.39, 0.29) is 0 Å². The average Bonchev–Trinajstić information content (AvgIpc) is 2.60. The summed E-state index contributed by atoms with van der Waals surface area (Å²) < 4.78 is 0. The molecule has 0 saturated heterocycles. The van der Waals surface area contributed by atoms with Crippen molar-refractivity contribution in [2.45, 2.75) is 39.7 Å². The number of carbonyl (C=O) groups is 1. The third-order valence-electron chi connectivity index (χ3n) is 2.39. The van der Waals surface area contributed by atoms with Crippen molar-refractivity contribution in [3.05, 3.63) is 10.6 Å². The Morgan fingerprint density at radius 1 is 1.53 bits per heavy atom. The minimum Gasteiger partial charge on any atom is -0.349 e. The summed E-state index contributed by atoms with van der Waals surface area (Å²) in [6.07, 6.45) is 2.83. The van der Waals surface area contributed by atoms with E-state index < -0.39 is 0 Å². The van der Waals surface area contributed by atoms with Gasteiger partial charge >= 0.3 is 0 Å². The second-order valence-corrected chi connectivity index (χ2v) is 4.89. The third kappa shape index (κ3) is 2.78. The van der Waals surface area contributed by atoms with Crippen LogP contribution in [0.2, 0.25) is 0 Å². The molecule has 0 bridgehead atoms. The second-order valence-electron chi connectivity index (χ2n) is 3.88. The Morgan fingerprint density at radius 2 is 2.20 bits per heavy atom. The van der Waals surface area contributed by atoms with Gasteiger partial charge in [-0.1, -0.05) is 24.7 Å². The largest absolute Gasteiger partial charge is 0.349 e. The van der Waals surface area contributed by atoms with Crippen LogP contribution in [0.4, 0.5) is 5.13 Å². The van der Waals surface area contributed by atoms with Gasteiger partial charge < -0.3 is 4.90 Å². The van der Waals surface area contributed by atoms with Crippen LogP contribution in [0.25, 0.3) is 0 Å². The quantitative estimate of drug-likeness (QED) is 0.724. The predicted octanol–water partition coefficient (Wildman–Crippen LogP) is 2.75. The van der Waals surface area contributed by atoms with Crippen LogP contribution in [0, 0.1) is 0 Å². The fraction of sp³-hybridized carbons (Fsp3) is 0.636. The molecular weight excluding hydrogens is 208 g/mol. The van der Waals surface area contributed by atoms with Crippen LogP contribution in [0.3, 0.4) is 0 Å². The molecule has 1 aromatic heterocycles. The van der Waals surface area contributed by atoms with Gasteiger partial charge in [-0.15, -0.1) is 0 Å². The average molecular weight is 226 g/mol. The first-order valence-electron chi connectivity index (χ1n) is 5.27. The van der Waals surface area contributed by atoms with Crippen LogP contribution in [-0.4, -0.2) is 24.4 Å². The molecule has 84 valence electrons. The number of carbonyl (C=O) groups excluding carboxylic acids is 1. The molecule has 0 aliphatic rings. The third-order valence-corrected chi connectivity index (χ3v) is 3.50. The minimum atomic E-state index is 0.408. The lowest BCUT2D eigenvalue weighted by molar-refractivity contribution is 0.112. The predicted molar refractivity (Wildman–Crippen MR) is 65.0 cm³/mol. The Bertz CT molecular complexity index is 333. The summed E-state index contributed by atoms with van der Waals surface area (Å²) in [4.78, 5) is 18.2. The molecule has 0 saturated carbocycles. The molecule has 15 heavy (non-hydrogen) atoms. The van der Waals surface area contributed by atoms with E-state index in [1.54, 1.807) is 0 Å². The lowest BCUT2D eigenvalue weighted by atomic mass is 10.2. The first-order chi connectivity index (χ1) is 7.10. The maximum atomic E-state index is 10.9. The number of nitrogens with zero attached hydrogens (tertiary/aromatic N) is 2. The van der Waals surface area contributed by atoms with Crippen LogP contribution in [0.5, 0.6) is 0 Å². The summed E-state index contributed by atoms with van der Waals surface area (Å²) in [7, 11) is 2.01. The normalized spacial score (nSPS) is 10.7. The number of thiazole rings is 1. The number of hydrogen-bond donors (Lipinski definition) is 0. The summed E-state index contributed by atoms with van der Waals surface area (Å²) in [5, 5.41) is 0.940. The van der Waals surface area contributed by atoms with Gasteiger partial charge in [-0.05, 0) is 20.3 Å². The Balaban J connectivity index is 2.96. The molecular formula is C11H18N2OS. The van der Waals surface area contributed by atoms with Crippen LogP contribution in [-0.2, 0) is 6.42 Å². The Morgan fingerprint density at radius 3 is 2.67 bits per heavy atom. The van der Waals surface area contributed by atoms with Crippen LogP contribution in [0.1, 0.15) is 42.6 Å². The number of aryl methyl sites for hydroxylation is 1. The first-order valence-corrected chi connectivity index (χ1v) is 6.09. The second kappa shape index (κ2) is 5.26. The maximum absolute atomic E-state index is 10.9. The molecule has 0 N–H and O–H groups in total. The van der Waals surface area contributed by atoms with Gasteiger partial charge in [-0.2, -0.15) is 0 Å². The number of aldehydes is 1. The van der Waals surface area contributed by atoms with E-state index in [4.69, 9.17) is 0 Å². The summed E-state index contributed by atoms with van der Waals surface area (Å²) in [5.41, 5.74) is 0.944. The van der Waals surface area contributed by atoms with Crippen molar-refractivity contribution >= 4 is 22.8 Å². The smallest absolute Gasteiger partial charge is 0.186 e. The number of rotatable bonds is 5. The van der Waals surface area contributed by atoms with E-state index in [0.29, 0.717) is 6.04 Å². The van der Waals surface area contributed by atoms with Gasteiger partial charge in [0.2, 0.25) is 0 Å². The van der Waals surface area contributed by atoms with Crippen molar-refractivity contribution < 1.29 is 4.79 Å². The van der Waals surface area contributed by atoms with E-state index in [1.807, 2.05) is 7.05 Å². The zero-order valence-electron chi connectivity index (χ0n) is 9.78. The molecule has 0 unspecified atom stereocenters. The molecule has 0 aromatic carbocycles. The lowest BCUT2D eigenvalue weighted by Gasteiger charge is -2.19. The van der Waals surface area contributed by atoms with Crippen molar-refractivity contribution in [3.8, 4) is 0 Å². The highest BCUT2D eigenvalue weighted by Crippen LogP contribution is 2.26. The van der Waals surface area contributed by atoms with E-state index in [1.165, 1.54) is 11.3 Å². The summed E-state index contributed by atoms with van der Waals surface area (Å²) in [6, 6.07) is 0.408. The SMILES string of the molecule is CCCc1nc(N(C)C(C)C)sc1C=O. The maximum Gasteiger partial charge on any atom is 0.186 e. The highest BCUT2D eigenvalue weighted by molar-refractivity contribution is 7.17. The van der Waals surface area contributed by atoms with Gasteiger partial charge in [-0.3, -0.25) is 4.79 Å². The monoisotopic (exact) mass is 226 g/mol. The molecule has 1 rings (SSSR count). The van der Waals surface area contributed by atoms with Crippen LogP contribution >= 0.6 is 11.3 Å². The molecule has 3 nitrogen and oxygen atoms in total. The molecule has 0 fully saturated rings.